The van der Waals surface area contributed by atoms with Gasteiger partial charge in [-0.1, -0.05) is 6.42 Å². The van der Waals surface area contributed by atoms with Crippen LogP contribution in [0.5, 0.6) is 0 Å². The molecule has 4 nitrogen and oxygen atoms in total. The third-order valence-electron chi connectivity index (χ3n) is 1.51. The summed E-state index contributed by atoms with van der Waals surface area (Å²) < 4.78 is 32.4. The number of hydrogen-bond acceptors (Lipinski definition) is 5. The van der Waals surface area contributed by atoms with E-state index < -0.39 is 9.15 Å². The Labute approximate surface area is 119 Å². The van der Waals surface area contributed by atoms with Gasteiger partial charge in [0, 0.05) is 24.1 Å². The van der Waals surface area contributed by atoms with Gasteiger partial charge in [-0.25, -0.2) is 12.7 Å². The Morgan fingerprint density at radius 1 is 1.17 bits per heavy atom. The van der Waals surface area contributed by atoms with Crippen LogP contribution in [-0.2, 0) is 9.15 Å². The van der Waals surface area contributed by atoms with Gasteiger partial charge in [-0.15, -0.1) is 0 Å². The van der Waals surface area contributed by atoms with Gasteiger partial charge in [0.1, 0.15) is 0 Å². The molecule has 0 aliphatic carbocycles. The van der Waals surface area contributed by atoms with E-state index in [2.05, 4.69) is 0 Å². The van der Waals surface area contributed by atoms with Crippen LogP contribution in [0.25, 0.3) is 0 Å². The molecule has 7 heteroatoms. The van der Waals surface area contributed by atoms with Crippen LogP contribution >= 0.6 is 11.0 Å². The molecule has 0 saturated carbocycles. The molecule has 1 fully saturated rings. The Morgan fingerprint density at radius 3 is 2.08 bits per heavy atom. The van der Waals surface area contributed by atoms with Crippen molar-refractivity contribution in [2.75, 3.05) is 13.1 Å². The first-order chi connectivity index (χ1) is 5.08. The molecule has 0 spiro atoms. The minimum absolute atomic E-state index is 0. The zero-order valence-corrected chi connectivity index (χ0v) is 11.8. The summed E-state index contributed by atoms with van der Waals surface area (Å²) in [5, 5.41) is 0. The van der Waals surface area contributed by atoms with E-state index in [1.54, 1.807) is 4.31 Å². The molecule has 1 saturated heterocycles. The number of nitrogens with zero attached hydrogens (tertiary/aromatic N) is 1. The van der Waals surface area contributed by atoms with E-state index in [0.717, 1.165) is 19.3 Å². The van der Waals surface area contributed by atoms with Crippen molar-refractivity contribution in [2.45, 2.75) is 19.3 Å². The molecule has 12 heavy (non-hydrogen) atoms. The number of hydrogen-bond donors (Lipinski definition) is 0. The second kappa shape index (κ2) is 6.36. The fourth-order valence-electron chi connectivity index (χ4n) is 1.07. The SMILES string of the molecule is O=S(=O)([O-])SN1CCCCC1.[K+]. The van der Waals surface area contributed by atoms with Crippen molar-refractivity contribution in [3.8, 4) is 0 Å². The third kappa shape index (κ3) is 6.33. The number of rotatable bonds is 2. The molecular formula is C5H10KNO3S2. The minimum atomic E-state index is -4.13. The molecule has 0 aromatic rings. The molecule has 0 N–H and O–H groups in total. The van der Waals surface area contributed by atoms with E-state index in [9.17, 15) is 13.0 Å². The molecule has 0 amide bonds. The molecule has 0 unspecified atom stereocenters. The van der Waals surface area contributed by atoms with Crippen LogP contribution in [0.2, 0.25) is 0 Å². The van der Waals surface area contributed by atoms with Crippen LogP contribution in [0.15, 0.2) is 0 Å². The Hall–Kier alpha value is 1.86. The summed E-state index contributed by atoms with van der Waals surface area (Å²) in [7, 11) is -3.70. The van der Waals surface area contributed by atoms with Gasteiger partial charge in [-0.2, -0.15) is 0 Å². The Morgan fingerprint density at radius 2 is 1.67 bits per heavy atom. The van der Waals surface area contributed by atoms with Gasteiger partial charge in [0.2, 0.25) is 0 Å². The van der Waals surface area contributed by atoms with Crippen molar-refractivity contribution in [3.63, 3.8) is 0 Å². The molecule has 1 heterocycles. The smallest absolute Gasteiger partial charge is 0.738 e. The molecule has 0 aromatic carbocycles. The van der Waals surface area contributed by atoms with Crippen LogP contribution in [0.3, 0.4) is 0 Å². The monoisotopic (exact) mass is 235 g/mol. The van der Waals surface area contributed by atoms with E-state index in [1.165, 1.54) is 0 Å². The van der Waals surface area contributed by atoms with Crippen molar-refractivity contribution < 1.29 is 64.4 Å². The first-order valence-electron chi connectivity index (χ1n) is 3.48. The molecule has 1 aliphatic heterocycles. The Bertz CT molecular complexity index is 213. The first-order valence-corrected chi connectivity index (χ1v) is 6.18. The maximum atomic E-state index is 10.3. The summed E-state index contributed by atoms with van der Waals surface area (Å²) in [6.45, 7) is 1.43. The average Bonchev–Trinajstić information content (AvgIpc) is 1.85. The molecule has 0 bridgehead atoms. The van der Waals surface area contributed by atoms with Gasteiger partial charge in [0.25, 0.3) is 0 Å². The molecule has 1 aliphatic rings. The fourth-order valence-corrected chi connectivity index (χ4v) is 2.96. The summed E-state index contributed by atoms with van der Waals surface area (Å²) in [5.41, 5.74) is 0. The molecular weight excluding hydrogens is 225 g/mol. The van der Waals surface area contributed by atoms with E-state index in [0.29, 0.717) is 24.1 Å². The average molecular weight is 235 g/mol. The normalized spacial score (nSPS) is 20.1. The zero-order chi connectivity index (χ0) is 8.32. The maximum absolute atomic E-state index is 10.3. The van der Waals surface area contributed by atoms with Crippen LogP contribution in [0.1, 0.15) is 19.3 Å². The van der Waals surface area contributed by atoms with Gasteiger partial charge in [-0.3, -0.25) is 0 Å². The van der Waals surface area contributed by atoms with Crippen molar-refractivity contribution in [3.05, 3.63) is 0 Å². The van der Waals surface area contributed by atoms with Crippen LogP contribution in [-0.4, -0.2) is 30.4 Å². The predicted octanol–water partition coefficient (Wildman–Crippen LogP) is -2.42. The quantitative estimate of drug-likeness (QED) is 0.231. The van der Waals surface area contributed by atoms with Gasteiger partial charge < -0.3 is 4.55 Å². The van der Waals surface area contributed by atoms with E-state index >= 15 is 0 Å². The van der Waals surface area contributed by atoms with E-state index in [-0.39, 0.29) is 51.4 Å². The van der Waals surface area contributed by atoms with Gasteiger partial charge >= 0.3 is 51.4 Å². The number of piperidine rings is 1. The Balaban J connectivity index is 0.00000121. The zero-order valence-electron chi connectivity index (χ0n) is 7.02. The second-order valence-corrected chi connectivity index (χ2v) is 5.63. The van der Waals surface area contributed by atoms with Gasteiger partial charge in [-0.05, 0) is 12.8 Å². The van der Waals surface area contributed by atoms with Crippen molar-refractivity contribution >= 4 is 20.1 Å². The second-order valence-electron chi connectivity index (χ2n) is 2.47. The summed E-state index contributed by atoms with van der Waals surface area (Å²) in [5.74, 6) is 0. The van der Waals surface area contributed by atoms with E-state index in [4.69, 9.17) is 0 Å². The van der Waals surface area contributed by atoms with E-state index in [1.807, 2.05) is 0 Å². The molecule has 0 atom stereocenters. The Kier molecular flexibility index (Phi) is 7.34. The molecule has 0 radical (unpaired) electrons. The molecule has 66 valence electrons. The minimum Gasteiger partial charge on any atom is -0.738 e. The summed E-state index contributed by atoms with van der Waals surface area (Å²) >= 11 is 0. The fraction of sp³-hybridized carbons (Fsp3) is 1.00. The van der Waals surface area contributed by atoms with Gasteiger partial charge in [0.05, 0.1) is 0 Å². The summed E-state index contributed by atoms with van der Waals surface area (Å²) in [6.07, 6.45) is 3.11. The van der Waals surface area contributed by atoms with Crippen LogP contribution in [0, 0.1) is 0 Å². The van der Waals surface area contributed by atoms with Gasteiger partial charge in [0.15, 0.2) is 9.15 Å². The topological polar surface area (TPSA) is 60.4 Å². The maximum Gasteiger partial charge on any atom is 1.00 e. The largest absolute Gasteiger partial charge is 1.00 e. The first kappa shape index (κ1) is 13.9. The summed E-state index contributed by atoms with van der Waals surface area (Å²) in [4.78, 5) is 0. The third-order valence-corrected chi connectivity index (χ3v) is 3.45. The van der Waals surface area contributed by atoms with Crippen LogP contribution < -0.4 is 51.4 Å². The van der Waals surface area contributed by atoms with Crippen molar-refractivity contribution in [2.24, 2.45) is 0 Å². The summed E-state index contributed by atoms with van der Waals surface area (Å²) in [6, 6.07) is 0. The predicted molar refractivity (Wildman–Crippen MR) is 42.7 cm³/mol. The van der Waals surface area contributed by atoms with Crippen molar-refractivity contribution in [1.29, 1.82) is 0 Å². The standard InChI is InChI=1S/C5H11NO3S2.K/c7-11(8,9)10-6-4-2-1-3-5-6;/h1-5H2,(H,7,8,9);/q;+1/p-1. The molecule has 1 rings (SSSR count). The van der Waals surface area contributed by atoms with Crippen molar-refractivity contribution in [1.82, 2.24) is 4.31 Å². The molecule has 0 aromatic heterocycles. The van der Waals surface area contributed by atoms with Crippen LogP contribution in [0.4, 0.5) is 0 Å².